The molecule has 1 aliphatic carbocycles. The van der Waals surface area contributed by atoms with Crippen LogP contribution >= 0.6 is 0 Å². The molecule has 0 radical (unpaired) electrons. The van der Waals surface area contributed by atoms with Crippen LogP contribution in [0, 0.1) is 11.8 Å². The molecule has 3 heteroatoms. The summed E-state index contributed by atoms with van der Waals surface area (Å²) < 4.78 is 0. The minimum absolute atomic E-state index is 0.267. The summed E-state index contributed by atoms with van der Waals surface area (Å²) in [6.45, 7) is 3.03. The standard InChI is InChI=1S/C14H24N2O/c17-14(12-5-2-8-15-10-12)16-9-3-6-11-4-1-7-13(11)16/h11-13,15H,1-10H2/t11?,12-,13?/m0/s1. The van der Waals surface area contributed by atoms with Gasteiger partial charge in [0.1, 0.15) is 0 Å². The van der Waals surface area contributed by atoms with Gasteiger partial charge in [-0.25, -0.2) is 0 Å². The van der Waals surface area contributed by atoms with Crippen molar-refractivity contribution in [1.29, 1.82) is 0 Å². The highest BCUT2D eigenvalue weighted by molar-refractivity contribution is 5.79. The maximum Gasteiger partial charge on any atom is 0.227 e. The molecule has 3 atom stereocenters. The molecule has 2 saturated heterocycles. The number of hydrogen-bond donors (Lipinski definition) is 1. The molecule has 0 aromatic heterocycles. The molecule has 0 aromatic carbocycles. The number of nitrogens with one attached hydrogen (secondary N) is 1. The van der Waals surface area contributed by atoms with Gasteiger partial charge in [0.25, 0.3) is 0 Å². The molecule has 3 rings (SSSR count). The molecular formula is C14H24N2O. The summed E-state index contributed by atoms with van der Waals surface area (Å²) in [6, 6.07) is 0.596. The Morgan fingerprint density at radius 1 is 1.06 bits per heavy atom. The Labute approximate surface area is 104 Å². The minimum Gasteiger partial charge on any atom is -0.339 e. The summed E-state index contributed by atoms with van der Waals surface area (Å²) in [5, 5.41) is 3.37. The first-order chi connectivity index (χ1) is 8.36. The van der Waals surface area contributed by atoms with E-state index in [9.17, 15) is 4.79 Å². The molecule has 0 aromatic rings. The van der Waals surface area contributed by atoms with Gasteiger partial charge in [-0.05, 0) is 51.0 Å². The Balaban J connectivity index is 1.67. The fraction of sp³-hybridized carbons (Fsp3) is 0.929. The Hall–Kier alpha value is -0.570. The van der Waals surface area contributed by atoms with E-state index in [0.717, 1.165) is 32.0 Å². The van der Waals surface area contributed by atoms with Gasteiger partial charge in [-0.2, -0.15) is 0 Å². The van der Waals surface area contributed by atoms with Crippen molar-refractivity contribution in [3.8, 4) is 0 Å². The second-order valence-electron chi connectivity index (χ2n) is 5.98. The molecule has 1 amide bonds. The normalized spacial score (nSPS) is 37.9. The van der Waals surface area contributed by atoms with E-state index in [1.807, 2.05) is 0 Å². The number of nitrogens with zero attached hydrogens (tertiary/aromatic N) is 1. The van der Waals surface area contributed by atoms with E-state index in [1.165, 1.54) is 38.5 Å². The Kier molecular flexibility index (Phi) is 3.37. The third kappa shape index (κ3) is 2.22. The fourth-order valence-electron chi connectivity index (χ4n) is 4.02. The summed E-state index contributed by atoms with van der Waals surface area (Å²) in [5.74, 6) is 1.54. The first kappa shape index (κ1) is 11.5. The first-order valence-electron chi connectivity index (χ1n) is 7.37. The summed E-state index contributed by atoms with van der Waals surface area (Å²) in [4.78, 5) is 14.8. The van der Waals surface area contributed by atoms with E-state index >= 15 is 0 Å². The second-order valence-corrected chi connectivity index (χ2v) is 5.98. The third-order valence-electron chi connectivity index (χ3n) is 4.92. The second kappa shape index (κ2) is 4.97. The molecule has 0 bridgehead atoms. The lowest BCUT2D eigenvalue weighted by molar-refractivity contribution is -0.140. The number of rotatable bonds is 1. The van der Waals surface area contributed by atoms with Gasteiger partial charge in [0.05, 0.1) is 5.92 Å². The van der Waals surface area contributed by atoms with Crippen molar-refractivity contribution in [2.24, 2.45) is 11.8 Å². The maximum absolute atomic E-state index is 12.6. The molecule has 3 fully saturated rings. The zero-order valence-corrected chi connectivity index (χ0v) is 10.7. The molecule has 1 N–H and O–H groups in total. The largest absolute Gasteiger partial charge is 0.339 e. The van der Waals surface area contributed by atoms with Crippen LogP contribution in [0.3, 0.4) is 0 Å². The number of carbonyl (C=O) groups excluding carboxylic acids is 1. The molecule has 3 nitrogen and oxygen atoms in total. The van der Waals surface area contributed by atoms with Gasteiger partial charge >= 0.3 is 0 Å². The molecule has 3 aliphatic rings. The number of piperidine rings is 2. The number of amides is 1. The molecule has 0 spiro atoms. The lowest BCUT2D eigenvalue weighted by atomic mass is 9.89. The zero-order chi connectivity index (χ0) is 11.7. The first-order valence-corrected chi connectivity index (χ1v) is 7.37. The van der Waals surface area contributed by atoms with Gasteiger partial charge < -0.3 is 10.2 Å². The van der Waals surface area contributed by atoms with Gasteiger partial charge in [0.15, 0.2) is 0 Å². The predicted molar refractivity (Wildman–Crippen MR) is 67.7 cm³/mol. The Morgan fingerprint density at radius 2 is 1.94 bits per heavy atom. The summed E-state index contributed by atoms with van der Waals surface area (Å²) in [7, 11) is 0. The van der Waals surface area contributed by atoms with E-state index < -0.39 is 0 Å². The molecular weight excluding hydrogens is 212 g/mol. The predicted octanol–water partition coefficient (Wildman–Crippen LogP) is 1.78. The van der Waals surface area contributed by atoms with Crippen molar-refractivity contribution in [3.63, 3.8) is 0 Å². The third-order valence-corrected chi connectivity index (χ3v) is 4.92. The summed E-state index contributed by atoms with van der Waals surface area (Å²) >= 11 is 0. The maximum atomic E-state index is 12.6. The van der Waals surface area contributed by atoms with E-state index in [0.29, 0.717) is 11.9 Å². The average Bonchev–Trinajstić information content (AvgIpc) is 2.87. The van der Waals surface area contributed by atoms with Crippen molar-refractivity contribution in [1.82, 2.24) is 10.2 Å². The minimum atomic E-state index is 0.267. The van der Waals surface area contributed by atoms with E-state index in [4.69, 9.17) is 0 Å². The smallest absolute Gasteiger partial charge is 0.227 e. The highest BCUT2D eigenvalue weighted by Gasteiger charge is 2.39. The number of likely N-dealkylation sites (tertiary alicyclic amines) is 1. The monoisotopic (exact) mass is 236 g/mol. The van der Waals surface area contributed by atoms with E-state index in [-0.39, 0.29) is 5.92 Å². The highest BCUT2D eigenvalue weighted by atomic mass is 16.2. The summed E-state index contributed by atoms with van der Waals surface area (Å²) in [5.41, 5.74) is 0. The van der Waals surface area contributed by atoms with Crippen molar-refractivity contribution >= 4 is 5.91 Å². The van der Waals surface area contributed by atoms with Gasteiger partial charge in [-0.1, -0.05) is 6.42 Å². The van der Waals surface area contributed by atoms with Crippen molar-refractivity contribution in [2.45, 2.75) is 51.0 Å². The van der Waals surface area contributed by atoms with Crippen LogP contribution in [0.2, 0.25) is 0 Å². The zero-order valence-electron chi connectivity index (χ0n) is 10.7. The number of carbonyl (C=O) groups is 1. The highest BCUT2D eigenvalue weighted by Crippen LogP contribution is 2.37. The molecule has 1 saturated carbocycles. The lowest BCUT2D eigenvalue weighted by Gasteiger charge is -2.40. The van der Waals surface area contributed by atoms with Crippen molar-refractivity contribution < 1.29 is 4.79 Å². The van der Waals surface area contributed by atoms with E-state index in [1.54, 1.807) is 0 Å². The van der Waals surface area contributed by atoms with Crippen LogP contribution in [-0.4, -0.2) is 36.5 Å². The number of fused-ring (bicyclic) bond motifs is 1. The van der Waals surface area contributed by atoms with Gasteiger partial charge in [-0.3, -0.25) is 4.79 Å². The van der Waals surface area contributed by atoms with Crippen LogP contribution < -0.4 is 5.32 Å². The van der Waals surface area contributed by atoms with Gasteiger partial charge in [-0.15, -0.1) is 0 Å². The molecule has 96 valence electrons. The van der Waals surface area contributed by atoms with Crippen LogP contribution in [-0.2, 0) is 4.79 Å². The Bertz CT molecular complexity index is 286. The summed E-state index contributed by atoms with van der Waals surface area (Å²) in [6.07, 6.45) is 8.80. The quantitative estimate of drug-likeness (QED) is 0.752. The fourth-order valence-corrected chi connectivity index (χ4v) is 4.02. The molecule has 17 heavy (non-hydrogen) atoms. The van der Waals surface area contributed by atoms with Crippen LogP contribution in [0.4, 0.5) is 0 Å². The average molecular weight is 236 g/mol. The Morgan fingerprint density at radius 3 is 2.76 bits per heavy atom. The topological polar surface area (TPSA) is 32.3 Å². The molecule has 2 unspecified atom stereocenters. The van der Waals surface area contributed by atoms with Crippen LogP contribution in [0.25, 0.3) is 0 Å². The molecule has 2 heterocycles. The van der Waals surface area contributed by atoms with Crippen LogP contribution in [0.15, 0.2) is 0 Å². The van der Waals surface area contributed by atoms with Crippen LogP contribution in [0.1, 0.15) is 44.9 Å². The molecule has 2 aliphatic heterocycles. The lowest BCUT2D eigenvalue weighted by Crippen LogP contribution is -2.51. The van der Waals surface area contributed by atoms with Crippen molar-refractivity contribution in [2.75, 3.05) is 19.6 Å². The van der Waals surface area contributed by atoms with Crippen LogP contribution in [0.5, 0.6) is 0 Å². The SMILES string of the molecule is O=C([C@H]1CCCNC1)N1CCCC2CCCC21. The van der Waals surface area contributed by atoms with E-state index in [2.05, 4.69) is 10.2 Å². The van der Waals surface area contributed by atoms with Gasteiger partial charge in [0.2, 0.25) is 5.91 Å². The number of hydrogen-bond acceptors (Lipinski definition) is 2. The van der Waals surface area contributed by atoms with Gasteiger partial charge in [0, 0.05) is 19.1 Å². The van der Waals surface area contributed by atoms with Crippen molar-refractivity contribution in [3.05, 3.63) is 0 Å².